The van der Waals surface area contributed by atoms with Crippen molar-refractivity contribution in [3.63, 3.8) is 0 Å². The average molecular weight is 249 g/mol. The molecule has 2 aliphatic rings. The van der Waals surface area contributed by atoms with E-state index >= 15 is 0 Å². The molecule has 0 spiro atoms. The fourth-order valence-electron chi connectivity index (χ4n) is 1.88. The zero-order valence-corrected chi connectivity index (χ0v) is 10.00. The topological polar surface area (TPSA) is 37.4 Å². The Morgan fingerprint density at radius 3 is 3.00 bits per heavy atom. The van der Waals surface area contributed by atoms with Crippen LogP contribution in [0.2, 0.25) is 0 Å². The van der Waals surface area contributed by atoms with Crippen LogP contribution < -0.4 is 0 Å². The maximum Gasteiger partial charge on any atom is 0.153 e. The first-order chi connectivity index (χ1) is 6.53. The fraction of sp³-hybridized carbons (Fsp3) is 0.625. The molecule has 2 saturated heterocycles. The smallest absolute Gasteiger partial charge is 0.153 e. The lowest BCUT2D eigenvalue weighted by Gasteiger charge is -2.21. The summed E-state index contributed by atoms with van der Waals surface area (Å²) in [7, 11) is -2.84. The van der Waals surface area contributed by atoms with Gasteiger partial charge in [-0.15, -0.1) is 6.58 Å². The van der Waals surface area contributed by atoms with Gasteiger partial charge in [0.15, 0.2) is 9.84 Å². The van der Waals surface area contributed by atoms with Gasteiger partial charge < -0.3 is 4.90 Å². The molecule has 2 rings (SSSR count). The summed E-state index contributed by atoms with van der Waals surface area (Å²) >= 11 is 6.70. The van der Waals surface area contributed by atoms with Gasteiger partial charge in [-0.25, -0.2) is 8.42 Å². The SMILES string of the molecule is C=CCN1C(=S)S[C@@H]2CS(=O)(=O)C[C@H]21. The molecule has 0 amide bonds. The molecule has 2 fully saturated rings. The van der Waals surface area contributed by atoms with Gasteiger partial charge in [0.25, 0.3) is 0 Å². The second-order valence-corrected chi connectivity index (χ2v) is 7.53. The van der Waals surface area contributed by atoms with Crippen LogP contribution in [-0.2, 0) is 9.84 Å². The van der Waals surface area contributed by atoms with E-state index in [0.717, 1.165) is 4.32 Å². The van der Waals surface area contributed by atoms with Crippen molar-refractivity contribution in [3.05, 3.63) is 12.7 Å². The molecule has 2 atom stereocenters. The highest BCUT2D eigenvalue weighted by Crippen LogP contribution is 2.37. The first kappa shape index (κ1) is 10.4. The van der Waals surface area contributed by atoms with Gasteiger partial charge in [-0.2, -0.15) is 0 Å². The normalized spacial score (nSPS) is 34.6. The van der Waals surface area contributed by atoms with Crippen molar-refractivity contribution in [1.82, 2.24) is 4.90 Å². The zero-order valence-electron chi connectivity index (χ0n) is 7.55. The van der Waals surface area contributed by atoms with Crippen LogP contribution in [0.5, 0.6) is 0 Å². The molecule has 0 bridgehead atoms. The minimum atomic E-state index is -2.84. The molecule has 2 aliphatic heterocycles. The van der Waals surface area contributed by atoms with Gasteiger partial charge >= 0.3 is 0 Å². The summed E-state index contributed by atoms with van der Waals surface area (Å²) in [6.07, 6.45) is 1.76. The molecular weight excluding hydrogens is 238 g/mol. The highest BCUT2D eigenvalue weighted by Gasteiger charge is 2.47. The predicted molar refractivity (Wildman–Crippen MR) is 63.3 cm³/mol. The van der Waals surface area contributed by atoms with Crippen LogP contribution in [0, 0.1) is 0 Å². The lowest BCUT2D eigenvalue weighted by atomic mass is 10.2. The van der Waals surface area contributed by atoms with Gasteiger partial charge in [-0.3, -0.25) is 0 Å². The molecule has 0 unspecified atom stereocenters. The van der Waals surface area contributed by atoms with Crippen LogP contribution in [0.15, 0.2) is 12.7 Å². The Kier molecular flexibility index (Phi) is 2.61. The molecule has 14 heavy (non-hydrogen) atoms. The number of sulfone groups is 1. The number of hydrogen-bond acceptors (Lipinski definition) is 4. The average Bonchev–Trinajstić information content (AvgIpc) is 2.47. The molecular formula is C8H11NO2S3. The third-order valence-electron chi connectivity index (χ3n) is 2.48. The number of rotatable bonds is 2. The van der Waals surface area contributed by atoms with Gasteiger partial charge in [0.1, 0.15) is 4.32 Å². The molecule has 0 N–H and O–H groups in total. The summed E-state index contributed by atoms with van der Waals surface area (Å²) in [5, 5.41) is 0.146. The largest absolute Gasteiger partial charge is 0.349 e. The number of hydrogen-bond donors (Lipinski definition) is 0. The van der Waals surface area contributed by atoms with Crippen molar-refractivity contribution in [1.29, 1.82) is 0 Å². The molecule has 0 aromatic heterocycles. The molecule has 0 aromatic rings. The number of thiocarbonyl (C=S) groups is 1. The number of thioether (sulfide) groups is 1. The molecule has 0 aliphatic carbocycles. The quantitative estimate of drug-likeness (QED) is 0.531. The summed E-state index contributed by atoms with van der Waals surface area (Å²) in [6.45, 7) is 4.30. The maximum absolute atomic E-state index is 11.4. The van der Waals surface area contributed by atoms with Crippen LogP contribution in [0.1, 0.15) is 0 Å². The van der Waals surface area contributed by atoms with Gasteiger partial charge in [0.2, 0.25) is 0 Å². The van der Waals surface area contributed by atoms with E-state index in [0.29, 0.717) is 6.54 Å². The first-order valence-corrected chi connectivity index (χ1v) is 7.43. The Morgan fingerprint density at radius 2 is 2.36 bits per heavy atom. The predicted octanol–water partition coefficient (Wildman–Crippen LogP) is 0.672. The minimum absolute atomic E-state index is 0.0792. The molecule has 6 heteroatoms. The summed E-state index contributed by atoms with van der Waals surface area (Å²) in [4.78, 5) is 1.97. The second kappa shape index (κ2) is 3.50. The molecule has 2 heterocycles. The maximum atomic E-state index is 11.4. The lowest BCUT2D eigenvalue weighted by Crippen LogP contribution is -2.36. The second-order valence-electron chi connectivity index (χ2n) is 3.51. The highest BCUT2D eigenvalue weighted by molar-refractivity contribution is 8.24. The summed E-state index contributed by atoms with van der Waals surface area (Å²) < 4.78 is 23.6. The zero-order chi connectivity index (χ0) is 10.3. The van der Waals surface area contributed by atoms with Gasteiger partial charge in [0, 0.05) is 11.8 Å². The first-order valence-electron chi connectivity index (χ1n) is 4.32. The van der Waals surface area contributed by atoms with Crippen molar-refractivity contribution < 1.29 is 8.42 Å². The summed E-state index contributed by atoms with van der Waals surface area (Å²) in [6, 6.07) is 0.0792. The lowest BCUT2D eigenvalue weighted by molar-refractivity contribution is 0.396. The van der Waals surface area contributed by atoms with Crippen LogP contribution in [0.25, 0.3) is 0 Å². The molecule has 0 aromatic carbocycles. The van der Waals surface area contributed by atoms with Crippen LogP contribution in [0.3, 0.4) is 0 Å². The summed E-state index contributed by atoms with van der Waals surface area (Å²) in [5.41, 5.74) is 0. The molecule has 78 valence electrons. The Hall–Kier alpha value is -0.0700. The van der Waals surface area contributed by atoms with E-state index in [-0.39, 0.29) is 22.8 Å². The standard InChI is InChI=1S/C8H11NO2S3/c1-2-3-9-6-4-14(10,11)5-7(6)13-8(9)12/h2,6-7H,1,3-5H2/t6-,7-/m1/s1. The van der Waals surface area contributed by atoms with Crippen molar-refractivity contribution in [3.8, 4) is 0 Å². The van der Waals surface area contributed by atoms with Crippen molar-refractivity contribution in [2.24, 2.45) is 0 Å². The van der Waals surface area contributed by atoms with E-state index in [2.05, 4.69) is 6.58 Å². The Labute approximate surface area is 93.5 Å². The van der Waals surface area contributed by atoms with Crippen molar-refractivity contribution in [2.75, 3.05) is 18.1 Å². The van der Waals surface area contributed by atoms with Crippen LogP contribution in [-0.4, -0.2) is 47.0 Å². The van der Waals surface area contributed by atoms with E-state index < -0.39 is 9.84 Å². The Balaban J connectivity index is 2.21. The summed E-state index contributed by atoms with van der Waals surface area (Å²) in [5.74, 6) is 0.523. The van der Waals surface area contributed by atoms with Crippen molar-refractivity contribution in [2.45, 2.75) is 11.3 Å². The van der Waals surface area contributed by atoms with E-state index in [1.54, 1.807) is 6.08 Å². The van der Waals surface area contributed by atoms with E-state index in [9.17, 15) is 8.42 Å². The van der Waals surface area contributed by atoms with Crippen LogP contribution in [0.4, 0.5) is 0 Å². The highest BCUT2D eigenvalue weighted by atomic mass is 32.2. The van der Waals surface area contributed by atoms with Crippen molar-refractivity contribution >= 4 is 38.1 Å². The number of fused-ring (bicyclic) bond motifs is 1. The van der Waals surface area contributed by atoms with E-state index in [1.807, 2.05) is 4.90 Å². The van der Waals surface area contributed by atoms with Crippen LogP contribution >= 0.6 is 24.0 Å². The van der Waals surface area contributed by atoms with Gasteiger partial charge in [-0.05, 0) is 0 Å². The van der Waals surface area contributed by atoms with E-state index in [1.165, 1.54) is 11.8 Å². The monoisotopic (exact) mass is 249 g/mol. The third-order valence-corrected chi connectivity index (χ3v) is 6.16. The Morgan fingerprint density at radius 1 is 1.64 bits per heavy atom. The van der Waals surface area contributed by atoms with Gasteiger partial charge in [-0.1, -0.05) is 30.1 Å². The van der Waals surface area contributed by atoms with Gasteiger partial charge in [0.05, 0.1) is 17.5 Å². The third kappa shape index (κ3) is 1.70. The Bertz CT molecular complexity index is 376. The number of nitrogens with zero attached hydrogens (tertiary/aromatic N) is 1. The molecule has 0 saturated carbocycles. The van der Waals surface area contributed by atoms with E-state index in [4.69, 9.17) is 12.2 Å². The minimum Gasteiger partial charge on any atom is -0.349 e. The fourth-order valence-corrected chi connectivity index (χ4v) is 6.27. The molecule has 3 nitrogen and oxygen atoms in total. The molecule has 0 radical (unpaired) electrons.